The van der Waals surface area contributed by atoms with Crippen LogP contribution in [0.15, 0.2) is 12.1 Å². The summed E-state index contributed by atoms with van der Waals surface area (Å²) in [6.07, 6.45) is -1.67. The predicted molar refractivity (Wildman–Crippen MR) is 116 cm³/mol. The minimum atomic E-state index is -1.80. The number of aliphatic hydroxyl groups is 1. The highest BCUT2D eigenvalue weighted by atomic mass is 19.1. The number of carbonyl (C=O) groups excluding carboxylic acids is 4. The van der Waals surface area contributed by atoms with Crippen LogP contribution in [0.5, 0.6) is 5.75 Å². The molecule has 1 aromatic carbocycles. The molecule has 0 bridgehead atoms. The molecule has 2 heterocycles. The lowest BCUT2D eigenvalue weighted by Gasteiger charge is -2.34. The first kappa shape index (κ1) is 26.8. The summed E-state index contributed by atoms with van der Waals surface area (Å²) in [6.45, 7) is -0.393. The van der Waals surface area contributed by atoms with Crippen molar-refractivity contribution in [2.24, 2.45) is 0 Å². The fourth-order valence-corrected chi connectivity index (χ4v) is 3.83. The lowest BCUT2D eigenvalue weighted by atomic mass is 9.72. The molecule has 1 saturated heterocycles. The molecule has 1 fully saturated rings. The normalized spacial score (nSPS) is 19.2. The van der Waals surface area contributed by atoms with Crippen molar-refractivity contribution in [1.29, 1.82) is 0 Å². The van der Waals surface area contributed by atoms with Crippen molar-refractivity contribution >= 4 is 36.8 Å². The lowest BCUT2D eigenvalue weighted by Crippen LogP contribution is -2.63. The summed E-state index contributed by atoms with van der Waals surface area (Å²) in [4.78, 5) is 62.5. The Labute approximate surface area is 203 Å². The third-order valence-electron chi connectivity index (χ3n) is 5.70. The fourth-order valence-electron chi connectivity index (χ4n) is 3.83. The van der Waals surface area contributed by atoms with Crippen LogP contribution in [-0.4, -0.2) is 106 Å². The summed E-state index contributed by atoms with van der Waals surface area (Å²) in [5.41, 5.74) is -0.603. The molecule has 1 aromatic rings. The molecule has 0 saturated carbocycles. The number of alkyl halides is 1. The molecule has 5 amide bonds. The van der Waals surface area contributed by atoms with Crippen LogP contribution >= 0.6 is 0 Å². The van der Waals surface area contributed by atoms with Gasteiger partial charge in [-0.3, -0.25) is 19.3 Å². The number of imide groups is 1. The molecule has 5 N–H and O–H groups in total. The van der Waals surface area contributed by atoms with Gasteiger partial charge in [-0.1, -0.05) is 6.07 Å². The minimum absolute atomic E-state index is 0.114. The van der Waals surface area contributed by atoms with Crippen molar-refractivity contribution in [2.45, 2.75) is 31.4 Å². The van der Waals surface area contributed by atoms with Crippen molar-refractivity contribution in [3.8, 4) is 5.75 Å². The number of rotatable bonds is 7. The number of carboxylic acids is 1. The first-order valence-corrected chi connectivity index (χ1v) is 10.8. The molecule has 1 unspecified atom stereocenters. The zero-order chi connectivity index (χ0) is 26.7. The van der Waals surface area contributed by atoms with Crippen LogP contribution < -0.4 is 15.3 Å². The highest BCUT2D eigenvalue weighted by Gasteiger charge is 2.42. The number of fused-ring (bicyclic) bond motifs is 1. The Balaban J connectivity index is 1.70. The Morgan fingerprint density at radius 1 is 1.25 bits per heavy atom. The first-order valence-electron chi connectivity index (χ1n) is 10.8. The Bertz CT molecular complexity index is 1090. The van der Waals surface area contributed by atoms with Gasteiger partial charge in [0, 0.05) is 19.6 Å². The second-order valence-corrected chi connectivity index (χ2v) is 8.15. The number of carboxylic acid groups (broad SMARTS) is 1. The number of hydrogen-bond donors (Lipinski definition) is 5. The van der Waals surface area contributed by atoms with Gasteiger partial charge in [-0.25, -0.2) is 18.4 Å². The smallest absolute Gasteiger partial charge is 0.534 e. The number of carbonyl (C=O) groups is 5. The summed E-state index contributed by atoms with van der Waals surface area (Å²) >= 11 is 0. The van der Waals surface area contributed by atoms with Crippen molar-refractivity contribution in [3.05, 3.63) is 29.1 Å². The summed E-state index contributed by atoms with van der Waals surface area (Å²) in [6, 6.07) is -0.671. The largest absolute Gasteiger partial charge is 0.547 e. The molecule has 194 valence electrons. The van der Waals surface area contributed by atoms with Gasteiger partial charge in [0.05, 0.1) is 12.0 Å². The Kier molecular flexibility index (Phi) is 8.09. The van der Waals surface area contributed by atoms with Crippen LogP contribution in [0.4, 0.5) is 13.6 Å². The molecular formula is C20H23BF2N4O9. The molecule has 0 radical (unpaired) electrons. The van der Waals surface area contributed by atoms with E-state index in [2.05, 4.69) is 10.6 Å². The molecule has 0 spiro atoms. The number of aliphatic hydroxyl groups excluding tert-OH is 1. The fraction of sp³-hybridized carbons (Fsp3) is 0.450. The quantitative estimate of drug-likeness (QED) is 0.205. The number of aromatic carboxylic acids is 1. The van der Waals surface area contributed by atoms with E-state index >= 15 is 0 Å². The van der Waals surface area contributed by atoms with Crippen LogP contribution in [0.3, 0.4) is 0 Å². The minimum Gasteiger partial charge on any atom is -0.534 e. The zero-order valence-corrected chi connectivity index (χ0v) is 18.9. The average Bonchev–Trinajstić information content (AvgIpc) is 2.80. The molecule has 13 nitrogen and oxygen atoms in total. The number of hydrogen-bond acceptors (Lipinski definition) is 8. The third-order valence-corrected chi connectivity index (χ3v) is 5.70. The van der Waals surface area contributed by atoms with E-state index < -0.39 is 78.7 Å². The molecule has 16 heteroatoms. The SMILES string of the molecule is C[C@@H](O)C(NC(=O)N1CCN(CCF)C(=O)C1=O)C(=O)N[C@H]1Cc2ccc(F)c(C(=O)O)c2OB1O. The maximum absolute atomic E-state index is 13.9. The van der Waals surface area contributed by atoms with Gasteiger partial charge in [0.1, 0.15) is 29.8 Å². The molecule has 0 aliphatic carbocycles. The summed E-state index contributed by atoms with van der Waals surface area (Å²) in [7, 11) is -1.80. The number of nitrogens with zero attached hydrogens (tertiary/aromatic N) is 2. The van der Waals surface area contributed by atoms with Crippen molar-refractivity contribution in [2.75, 3.05) is 26.3 Å². The molecule has 36 heavy (non-hydrogen) atoms. The van der Waals surface area contributed by atoms with Gasteiger partial charge >= 0.3 is 30.9 Å². The van der Waals surface area contributed by atoms with E-state index in [1.807, 2.05) is 0 Å². The molecular weight excluding hydrogens is 489 g/mol. The molecule has 3 rings (SSSR count). The molecule has 2 aliphatic rings. The predicted octanol–water partition coefficient (Wildman–Crippen LogP) is -1.94. The number of urea groups is 1. The third kappa shape index (κ3) is 5.38. The maximum atomic E-state index is 13.9. The molecule has 0 aromatic heterocycles. The van der Waals surface area contributed by atoms with Crippen molar-refractivity contribution < 1.29 is 52.6 Å². The number of amides is 5. The number of benzene rings is 1. The topological polar surface area (TPSA) is 186 Å². The van der Waals surface area contributed by atoms with Crippen LogP contribution in [0, 0.1) is 5.82 Å². The Morgan fingerprint density at radius 2 is 1.94 bits per heavy atom. The average molecular weight is 512 g/mol. The summed E-state index contributed by atoms with van der Waals surface area (Å²) in [5.74, 6) is -7.58. The molecule has 3 atom stereocenters. The molecule has 2 aliphatic heterocycles. The highest BCUT2D eigenvalue weighted by molar-refractivity contribution is 6.47. The van der Waals surface area contributed by atoms with E-state index in [0.717, 1.165) is 11.0 Å². The van der Waals surface area contributed by atoms with Crippen LogP contribution in [-0.2, 0) is 20.8 Å². The van der Waals surface area contributed by atoms with Gasteiger partial charge < -0.3 is 35.4 Å². The Morgan fingerprint density at radius 3 is 2.56 bits per heavy atom. The van der Waals surface area contributed by atoms with E-state index in [-0.39, 0.29) is 31.6 Å². The standard InChI is InChI=1S/C20H23BF2N4O9/c1-9(28)14(25-20(34)27-7-6-26(5-4-22)17(30)18(27)31)16(29)24-12-8-10-2-3-11(23)13(19(32)33)15(10)36-21(12)35/h2-3,9,12,14,28,35H,4-8H2,1H3,(H,24,29)(H,25,34)(H,32,33)/t9-,12+,14?/m1/s1. The summed E-state index contributed by atoms with van der Waals surface area (Å²) < 4.78 is 31.6. The number of piperazine rings is 1. The van der Waals surface area contributed by atoms with E-state index in [1.165, 1.54) is 13.0 Å². The highest BCUT2D eigenvalue weighted by Crippen LogP contribution is 2.32. The van der Waals surface area contributed by atoms with Crippen molar-refractivity contribution in [1.82, 2.24) is 20.4 Å². The maximum Gasteiger partial charge on any atom is 0.547 e. The van der Waals surface area contributed by atoms with Crippen LogP contribution in [0.1, 0.15) is 22.8 Å². The zero-order valence-electron chi connectivity index (χ0n) is 18.9. The van der Waals surface area contributed by atoms with Gasteiger partial charge in [-0.2, -0.15) is 0 Å². The van der Waals surface area contributed by atoms with E-state index in [0.29, 0.717) is 4.90 Å². The van der Waals surface area contributed by atoms with Crippen LogP contribution in [0.25, 0.3) is 0 Å². The van der Waals surface area contributed by atoms with Gasteiger partial charge in [-0.15, -0.1) is 0 Å². The van der Waals surface area contributed by atoms with Gasteiger partial charge in [-0.05, 0) is 25.0 Å². The number of nitrogens with one attached hydrogen (secondary N) is 2. The second-order valence-electron chi connectivity index (χ2n) is 8.15. The van der Waals surface area contributed by atoms with E-state index in [4.69, 9.17) is 4.65 Å². The van der Waals surface area contributed by atoms with E-state index in [9.17, 15) is 48.0 Å². The lowest BCUT2D eigenvalue weighted by molar-refractivity contribution is -0.153. The summed E-state index contributed by atoms with van der Waals surface area (Å²) in [5, 5.41) is 34.0. The monoisotopic (exact) mass is 512 g/mol. The second kappa shape index (κ2) is 10.9. The van der Waals surface area contributed by atoms with Gasteiger partial charge in [0.2, 0.25) is 5.91 Å². The van der Waals surface area contributed by atoms with Gasteiger partial charge in [0.25, 0.3) is 0 Å². The first-order chi connectivity index (χ1) is 17.0. The van der Waals surface area contributed by atoms with Gasteiger partial charge in [0.15, 0.2) is 0 Å². The Hall–Kier alpha value is -3.79. The van der Waals surface area contributed by atoms with Crippen LogP contribution in [0.2, 0.25) is 0 Å². The number of halogens is 2. The van der Waals surface area contributed by atoms with E-state index in [1.54, 1.807) is 0 Å². The van der Waals surface area contributed by atoms with Crippen molar-refractivity contribution in [3.63, 3.8) is 0 Å².